The lowest BCUT2D eigenvalue weighted by Gasteiger charge is -2.14. The number of benzene rings is 1. The Morgan fingerprint density at radius 2 is 2.00 bits per heavy atom. The van der Waals surface area contributed by atoms with E-state index in [0.717, 1.165) is 0 Å². The maximum atomic E-state index is 12.2. The van der Waals surface area contributed by atoms with Gasteiger partial charge >= 0.3 is 11.7 Å². The first-order chi connectivity index (χ1) is 14.2. The van der Waals surface area contributed by atoms with Crippen LogP contribution in [0.4, 0.5) is 5.69 Å². The molecule has 2 aromatic heterocycles. The molecular formula is C18H17Cl2N5O5. The molecule has 0 aliphatic carbocycles. The van der Waals surface area contributed by atoms with Gasteiger partial charge in [-0.1, -0.05) is 23.2 Å². The molecule has 0 unspecified atom stereocenters. The van der Waals surface area contributed by atoms with Crippen molar-refractivity contribution in [1.82, 2.24) is 19.5 Å². The third-order valence-electron chi connectivity index (χ3n) is 4.23. The van der Waals surface area contributed by atoms with Crippen molar-refractivity contribution in [2.24, 2.45) is 7.05 Å². The highest BCUT2D eigenvalue weighted by atomic mass is 35.5. The molecule has 0 saturated carbocycles. The van der Waals surface area contributed by atoms with Crippen LogP contribution in [0.15, 0.2) is 27.8 Å². The topological polar surface area (TPSA) is 139 Å². The number of fused-ring (bicyclic) bond motifs is 1. The van der Waals surface area contributed by atoms with E-state index in [1.165, 1.54) is 30.7 Å². The van der Waals surface area contributed by atoms with E-state index in [4.69, 9.17) is 27.9 Å². The van der Waals surface area contributed by atoms with Crippen molar-refractivity contribution in [1.29, 1.82) is 0 Å². The average Bonchev–Trinajstić information content (AvgIpc) is 3.12. The maximum absolute atomic E-state index is 12.2. The van der Waals surface area contributed by atoms with Gasteiger partial charge in [-0.25, -0.2) is 9.78 Å². The van der Waals surface area contributed by atoms with Crippen molar-refractivity contribution in [3.8, 4) is 0 Å². The molecule has 0 radical (unpaired) electrons. The Balaban J connectivity index is 1.59. The number of nitrogens with one attached hydrogen (secondary N) is 3. The fourth-order valence-electron chi connectivity index (χ4n) is 2.63. The Kier molecular flexibility index (Phi) is 6.28. The van der Waals surface area contributed by atoms with Crippen LogP contribution in [-0.4, -0.2) is 37.5 Å². The van der Waals surface area contributed by atoms with Gasteiger partial charge < -0.3 is 15.0 Å². The zero-order valence-electron chi connectivity index (χ0n) is 15.9. The Labute approximate surface area is 179 Å². The second-order valence-corrected chi connectivity index (χ2v) is 7.29. The number of aromatic nitrogens is 4. The number of amides is 1. The molecule has 10 nitrogen and oxygen atoms in total. The zero-order valence-corrected chi connectivity index (χ0v) is 17.4. The van der Waals surface area contributed by atoms with Crippen LogP contribution in [0.2, 0.25) is 10.0 Å². The third kappa shape index (κ3) is 4.71. The minimum Gasteiger partial charge on any atom is -0.453 e. The number of carbonyl (C=O) groups is 2. The van der Waals surface area contributed by atoms with Gasteiger partial charge in [0.2, 0.25) is 0 Å². The van der Waals surface area contributed by atoms with E-state index in [1.54, 1.807) is 6.07 Å². The fourth-order valence-corrected chi connectivity index (χ4v) is 2.97. The summed E-state index contributed by atoms with van der Waals surface area (Å²) in [6.45, 7) is 1.42. The number of ether oxygens (including phenoxy) is 1. The van der Waals surface area contributed by atoms with Crippen LogP contribution < -0.4 is 16.6 Å². The van der Waals surface area contributed by atoms with E-state index >= 15 is 0 Å². The number of carbonyl (C=O) groups excluding carboxylic acids is 2. The second-order valence-electron chi connectivity index (χ2n) is 6.45. The summed E-state index contributed by atoms with van der Waals surface area (Å²) in [5.74, 6) is -0.882. The van der Waals surface area contributed by atoms with E-state index in [2.05, 4.69) is 20.3 Å². The molecule has 0 bridgehead atoms. The number of aryl methyl sites for hydroxylation is 2. The highest BCUT2D eigenvalue weighted by Crippen LogP contribution is 2.25. The molecule has 3 N–H and O–H groups in total. The average molecular weight is 454 g/mol. The Morgan fingerprint density at radius 1 is 1.27 bits per heavy atom. The quantitative estimate of drug-likeness (QED) is 0.485. The van der Waals surface area contributed by atoms with Gasteiger partial charge in [-0.3, -0.25) is 23.9 Å². The number of anilines is 1. The predicted octanol–water partition coefficient (Wildman–Crippen LogP) is 1.76. The number of imidazole rings is 1. The van der Waals surface area contributed by atoms with Crippen LogP contribution in [0, 0.1) is 0 Å². The molecule has 0 spiro atoms. The van der Waals surface area contributed by atoms with Gasteiger partial charge in [0.1, 0.15) is 11.3 Å². The molecule has 1 amide bonds. The molecule has 0 fully saturated rings. The van der Waals surface area contributed by atoms with E-state index in [-0.39, 0.29) is 24.0 Å². The lowest BCUT2D eigenvalue weighted by molar-refractivity contribution is -0.153. The monoisotopic (exact) mass is 453 g/mol. The summed E-state index contributed by atoms with van der Waals surface area (Å²) in [7, 11) is 1.46. The number of hydrogen-bond donors (Lipinski definition) is 3. The van der Waals surface area contributed by atoms with Gasteiger partial charge in [0, 0.05) is 18.5 Å². The van der Waals surface area contributed by atoms with E-state index in [0.29, 0.717) is 21.6 Å². The molecule has 30 heavy (non-hydrogen) atoms. The van der Waals surface area contributed by atoms with Gasteiger partial charge in [-0.15, -0.1) is 0 Å². The first-order valence-electron chi connectivity index (χ1n) is 8.79. The second kappa shape index (κ2) is 8.72. The number of nitrogens with zero attached hydrogens (tertiary/aromatic N) is 2. The van der Waals surface area contributed by atoms with E-state index < -0.39 is 29.2 Å². The predicted molar refractivity (Wildman–Crippen MR) is 111 cm³/mol. The van der Waals surface area contributed by atoms with Gasteiger partial charge in [0.25, 0.3) is 11.5 Å². The molecule has 0 saturated heterocycles. The number of rotatable bonds is 6. The van der Waals surface area contributed by atoms with Crippen molar-refractivity contribution < 1.29 is 14.3 Å². The molecule has 158 valence electrons. The summed E-state index contributed by atoms with van der Waals surface area (Å²) in [5, 5.41) is 3.23. The summed E-state index contributed by atoms with van der Waals surface area (Å²) < 4.78 is 6.31. The lowest BCUT2D eigenvalue weighted by atomic mass is 10.3. The number of esters is 1. The third-order valence-corrected chi connectivity index (χ3v) is 4.80. The molecule has 12 heteroatoms. The van der Waals surface area contributed by atoms with E-state index in [9.17, 15) is 19.2 Å². The molecule has 3 rings (SSSR count). The van der Waals surface area contributed by atoms with Crippen molar-refractivity contribution >= 4 is 51.9 Å². The molecule has 1 atom stereocenters. The molecule has 3 aromatic rings. The van der Waals surface area contributed by atoms with Gasteiger partial charge in [-0.2, -0.15) is 0 Å². The first kappa shape index (κ1) is 21.6. The van der Waals surface area contributed by atoms with Crippen LogP contribution in [0.5, 0.6) is 0 Å². The van der Waals surface area contributed by atoms with Crippen LogP contribution >= 0.6 is 23.2 Å². The number of halogens is 2. The Hall–Kier alpha value is -3.11. The standard InChI is InChI=1S/C18H17Cl2N5O5/c1-8(16(27)21-11-7-9(19)3-4-10(11)20)30-13(26)6-5-12-22-14-15(23-12)25(2)18(29)24-17(14)28/h3-4,7-8H,5-6H2,1-2H3,(H,21,27)(H,22,23)(H,24,28,29)/t8-/m1/s1. The smallest absolute Gasteiger partial charge is 0.329 e. The van der Waals surface area contributed by atoms with Crippen LogP contribution in [-0.2, 0) is 27.8 Å². The maximum Gasteiger partial charge on any atom is 0.329 e. The van der Waals surface area contributed by atoms with Gasteiger partial charge in [-0.05, 0) is 25.1 Å². The molecule has 1 aromatic carbocycles. The lowest BCUT2D eigenvalue weighted by Crippen LogP contribution is -2.30. The van der Waals surface area contributed by atoms with Crippen molar-refractivity contribution in [3.63, 3.8) is 0 Å². The van der Waals surface area contributed by atoms with Gasteiger partial charge in [0.05, 0.1) is 17.1 Å². The Morgan fingerprint density at radius 3 is 2.73 bits per heavy atom. The van der Waals surface area contributed by atoms with Crippen molar-refractivity contribution in [3.05, 3.63) is 54.9 Å². The SMILES string of the molecule is C[C@@H](OC(=O)CCc1nc2c([nH]1)c(=O)[nH]c(=O)n2C)C(=O)Nc1cc(Cl)ccc1Cl. The minimum absolute atomic E-state index is 0.0960. The summed E-state index contributed by atoms with van der Waals surface area (Å²) >= 11 is 11.9. The minimum atomic E-state index is -1.08. The van der Waals surface area contributed by atoms with Crippen LogP contribution in [0.3, 0.4) is 0 Å². The number of hydrogen-bond acceptors (Lipinski definition) is 6. The van der Waals surface area contributed by atoms with Crippen LogP contribution in [0.25, 0.3) is 11.2 Å². The molecule has 0 aliphatic heterocycles. The van der Waals surface area contributed by atoms with Crippen molar-refractivity contribution in [2.45, 2.75) is 25.9 Å². The Bertz CT molecular complexity index is 1250. The molecular weight excluding hydrogens is 437 g/mol. The summed E-state index contributed by atoms with van der Waals surface area (Å²) in [6.07, 6.45) is -1.05. The summed E-state index contributed by atoms with van der Waals surface area (Å²) in [4.78, 5) is 56.9. The normalized spacial score (nSPS) is 12.0. The highest BCUT2D eigenvalue weighted by molar-refractivity contribution is 6.35. The molecule has 2 heterocycles. The fraction of sp³-hybridized carbons (Fsp3) is 0.278. The molecule has 0 aliphatic rings. The summed E-state index contributed by atoms with van der Waals surface area (Å²) in [6, 6.07) is 4.59. The van der Waals surface area contributed by atoms with Crippen LogP contribution in [0.1, 0.15) is 19.2 Å². The van der Waals surface area contributed by atoms with Crippen molar-refractivity contribution in [2.75, 3.05) is 5.32 Å². The zero-order chi connectivity index (χ0) is 22.0. The highest BCUT2D eigenvalue weighted by Gasteiger charge is 2.20. The summed E-state index contributed by atoms with van der Waals surface area (Å²) in [5.41, 5.74) is -0.580. The van der Waals surface area contributed by atoms with Gasteiger partial charge in [0.15, 0.2) is 11.8 Å². The number of aromatic amines is 2. The first-order valence-corrected chi connectivity index (χ1v) is 9.54. The van der Waals surface area contributed by atoms with E-state index in [1.807, 2.05) is 0 Å². The number of H-pyrrole nitrogens is 2. The largest absolute Gasteiger partial charge is 0.453 e.